The summed E-state index contributed by atoms with van der Waals surface area (Å²) in [6.07, 6.45) is 6.25. The van der Waals surface area contributed by atoms with Crippen LogP contribution in [0.5, 0.6) is 0 Å². The SMILES string of the molecule is O=C(NCc1ccco1)[C@H]1C[NH+]2CC[C@H]1C[C@@H]2Cn1cc(CCO)nn1. The fourth-order valence-corrected chi connectivity index (χ4v) is 4.42. The van der Waals surface area contributed by atoms with E-state index in [1.807, 2.05) is 23.0 Å². The number of nitrogens with one attached hydrogen (secondary N) is 2. The largest absolute Gasteiger partial charge is 0.467 e. The zero-order chi connectivity index (χ0) is 17.9. The van der Waals surface area contributed by atoms with Gasteiger partial charge in [-0.25, -0.2) is 4.68 Å². The maximum Gasteiger partial charge on any atom is 0.229 e. The van der Waals surface area contributed by atoms with Crippen LogP contribution < -0.4 is 10.2 Å². The summed E-state index contributed by atoms with van der Waals surface area (Å²) in [6.45, 7) is 3.38. The van der Waals surface area contributed by atoms with Crippen LogP contribution in [-0.4, -0.2) is 51.7 Å². The monoisotopic (exact) mass is 360 g/mol. The van der Waals surface area contributed by atoms with Crippen LogP contribution in [-0.2, 0) is 24.3 Å². The molecule has 3 N–H and O–H groups in total. The molecule has 1 unspecified atom stereocenters. The minimum absolute atomic E-state index is 0.0886. The first-order valence-corrected chi connectivity index (χ1v) is 9.37. The van der Waals surface area contributed by atoms with Gasteiger partial charge in [0.25, 0.3) is 0 Å². The maximum absolute atomic E-state index is 12.6. The zero-order valence-electron chi connectivity index (χ0n) is 14.8. The van der Waals surface area contributed by atoms with Crippen LogP contribution >= 0.6 is 0 Å². The summed E-state index contributed by atoms with van der Waals surface area (Å²) in [5, 5.41) is 20.3. The Bertz CT molecular complexity index is 729. The van der Waals surface area contributed by atoms with Gasteiger partial charge < -0.3 is 19.7 Å². The van der Waals surface area contributed by atoms with Crippen molar-refractivity contribution in [2.45, 2.75) is 38.4 Å². The van der Waals surface area contributed by atoms with Gasteiger partial charge in [-0.15, -0.1) is 5.10 Å². The van der Waals surface area contributed by atoms with Gasteiger partial charge in [0.2, 0.25) is 5.91 Å². The molecular formula is C18H26N5O3+. The number of amides is 1. The molecule has 4 atom stereocenters. The fourth-order valence-electron chi connectivity index (χ4n) is 4.42. The Labute approximate surface area is 152 Å². The van der Waals surface area contributed by atoms with Crippen molar-refractivity contribution >= 4 is 5.91 Å². The summed E-state index contributed by atoms with van der Waals surface area (Å²) in [4.78, 5) is 14.1. The normalized spacial score (nSPS) is 27.6. The van der Waals surface area contributed by atoms with Crippen LogP contribution in [0.2, 0.25) is 0 Å². The summed E-state index contributed by atoms with van der Waals surface area (Å²) in [7, 11) is 0. The highest BCUT2D eigenvalue weighted by Gasteiger charge is 2.46. The summed E-state index contributed by atoms with van der Waals surface area (Å²) in [5.74, 6) is 1.46. The topological polar surface area (TPSA) is 97.6 Å². The summed E-state index contributed by atoms with van der Waals surface area (Å²) >= 11 is 0. The van der Waals surface area contributed by atoms with E-state index in [9.17, 15) is 4.79 Å². The van der Waals surface area contributed by atoms with Crippen LogP contribution in [0.3, 0.4) is 0 Å². The first-order valence-electron chi connectivity index (χ1n) is 9.37. The lowest BCUT2D eigenvalue weighted by atomic mass is 9.75. The third-order valence-corrected chi connectivity index (χ3v) is 5.77. The predicted molar refractivity (Wildman–Crippen MR) is 92.1 cm³/mol. The van der Waals surface area contributed by atoms with Gasteiger partial charge in [0, 0.05) is 32.1 Å². The van der Waals surface area contributed by atoms with Crippen molar-refractivity contribution < 1.29 is 19.2 Å². The van der Waals surface area contributed by atoms with E-state index in [1.54, 1.807) is 6.26 Å². The third-order valence-electron chi connectivity index (χ3n) is 5.77. The van der Waals surface area contributed by atoms with E-state index < -0.39 is 0 Å². The van der Waals surface area contributed by atoms with Crippen molar-refractivity contribution in [2.24, 2.45) is 11.8 Å². The molecule has 0 saturated carbocycles. The molecule has 26 heavy (non-hydrogen) atoms. The van der Waals surface area contributed by atoms with Gasteiger partial charge >= 0.3 is 0 Å². The number of aliphatic hydroxyl groups is 1. The minimum Gasteiger partial charge on any atom is -0.467 e. The van der Waals surface area contributed by atoms with Crippen LogP contribution in [0.4, 0.5) is 0 Å². The van der Waals surface area contributed by atoms with Gasteiger partial charge in [0.1, 0.15) is 11.8 Å². The van der Waals surface area contributed by atoms with E-state index in [4.69, 9.17) is 9.52 Å². The van der Waals surface area contributed by atoms with E-state index in [1.165, 1.54) is 4.90 Å². The van der Waals surface area contributed by atoms with Gasteiger partial charge in [0.15, 0.2) is 0 Å². The average molecular weight is 360 g/mol. The number of rotatable bonds is 7. The van der Waals surface area contributed by atoms with Crippen LogP contribution in [0.25, 0.3) is 0 Å². The molecule has 5 heterocycles. The predicted octanol–water partition coefficient (Wildman–Crippen LogP) is -0.984. The Hall–Kier alpha value is -2.19. The number of hydrogen-bond acceptors (Lipinski definition) is 5. The highest BCUT2D eigenvalue weighted by atomic mass is 16.3. The molecule has 0 aromatic carbocycles. The first kappa shape index (κ1) is 17.2. The number of aromatic nitrogens is 3. The Balaban J connectivity index is 1.32. The lowest BCUT2D eigenvalue weighted by Gasteiger charge is -2.46. The number of carbonyl (C=O) groups excluding carboxylic acids is 1. The molecule has 3 aliphatic rings. The second kappa shape index (κ2) is 7.59. The molecule has 3 fully saturated rings. The molecule has 140 valence electrons. The molecule has 0 spiro atoms. The lowest BCUT2D eigenvalue weighted by molar-refractivity contribution is -0.945. The van der Waals surface area contributed by atoms with Gasteiger partial charge in [-0.1, -0.05) is 5.21 Å². The smallest absolute Gasteiger partial charge is 0.229 e. The Morgan fingerprint density at radius 1 is 1.50 bits per heavy atom. The molecule has 3 aliphatic heterocycles. The van der Waals surface area contributed by atoms with E-state index in [0.29, 0.717) is 24.9 Å². The second-order valence-electron chi connectivity index (χ2n) is 7.40. The number of nitrogens with zero attached hydrogens (tertiary/aromatic N) is 3. The van der Waals surface area contributed by atoms with Gasteiger partial charge in [-0.05, 0) is 18.1 Å². The number of aliphatic hydroxyl groups excluding tert-OH is 1. The molecule has 0 radical (unpaired) electrons. The molecule has 2 aromatic rings. The molecule has 5 rings (SSSR count). The molecular weight excluding hydrogens is 334 g/mol. The van der Waals surface area contributed by atoms with Crippen molar-refractivity contribution in [1.82, 2.24) is 20.3 Å². The number of carbonyl (C=O) groups is 1. The van der Waals surface area contributed by atoms with E-state index in [0.717, 1.165) is 43.9 Å². The highest BCUT2D eigenvalue weighted by Crippen LogP contribution is 2.27. The number of hydrogen-bond donors (Lipinski definition) is 3. The van der Waals surface area contributed by atoms with Crippen LogP contribution in [0.15, 0.2) is 29.0 Å². The fraction of sp³-hybridized carbons (Fsp3) is 0.611. The van der Waals surface area contributed by atoms with E-state index >= 15 is 0 Å². The van der Waals surface area contributed by atoms with E-state index in [-0.39, 0.29) is 18.4 Å². The molecule has 8 heteroatoms. The summed E-state index contributed by atoms with van der Waals surface area (Å²) < 4.78 is 7.17. The molecule has 3 saturated heterocycles. The third kappa shape index (κ3) is 3.66. The molecule has 0 aliphatic carbocycles. The molecule has 2 bridgehead atoms. The van der Waals surface area contributed by atoms with Crippen molar-refractivity contribution in [3.8, 4) is 0 Å². The van der Waals surface area contributed by atoms with Crippen molar-refractivity contribution in [3.05, 3.63) is 36.0 Å². The Morgan fingerprint density at radius 3 is 3.15 bits per heavy atom. The minimum atomic E-state index is 0.0886. The number of fused-ring (bicyclic) bond motifs is 3. The summed E-state index contributed by atoms with van der Waals surface area (Å²) in [5.41, 5.74) is 0.827. The van der Waals surface area contributed by atoms with Gasteiger partial charge in [-0.2, -0.15) is 0 Å². The number of quaternary nitrogens is 1. The molecule has 1 amide bonds. The Kier molecular flexibility index (Phi) is 5.03. The van der Waals surface area contributed by atoms with Crippen molar-refractivity contribution in [2.75, 3.05) is 19.7 Å². The average Bonchev–Trinajstić information content (AvgIpc) is 3.33. The van der Waals surface area contributed by atoms with Crippen LogP contribution in [0, 0.1) is 11.8 Å². The first-order chi connectivity index (χ1) is 12.7. The van der Waals surface area contributed by atoms with Gasteiger partial charge in [-0.3, -0.25) is 4.79 Å². The number of piperidine rings is 3. The lowest BCUT2D eigenvalue weighted by Crippen LogP contribution is -3.20. The van der Waals surface area contributed by atoms with Gasteiger partial charge in [0.05, 0.1) is 44.1 Å². The maximum atomic E-state index is 12.6. The van der Waals surface area contributed by atoms with Crippen LogP contribution in [0.1, 0.15) is 24.3 Å². The van der Waals surface area contributed by atoms with E-state index in [2.05, 4.69) is 15.6 Å². The van der Waals surface area contributed by atoms with Crippen molar-refractivity contribution in [1.29, 1.82) is 0 Å². The van der Waals surface area contributed by atoms with Crippen molar-refractivity contribution in [3.63, 3.8) is 0 Å². The zero-order valence-corrected chi connectivity index (χ0v) is 14.8. The molecule has 8 nitrogen and oxygen atoms in total. The second-order valence-corrected chi connectivity index (χ2v) is 7.40. The summed E-state index contributed by atoms with van der Waals surface area (Å²) in [6, 6.07) is 4.19. The standard InChI is InChI=1S/C18H25N5O3/c24-6-4-14-10-23(21-20-14)11-15-8-13-3-5-22(15)12-17(13)18(25)19-9-16-2-1-7-26-16/h1-2,7,10,13,15,17,24H,3-6,8-9,11-12H2,(H,19,25)/p+1/t13-,15+,17-/m0/s1. The molecule has 2 aromatic heterocycles. The quantitative estimate of drug-likeness (QED) is 0.589. The number of furan rings is 1. The highest BCUT2D eigenvalue weighted by molar-refractivity contribution is 5.79. The Morgan fingerprint density at radius 2 is 2.42 bits per heavy atom.